The molecule has 0 atom stereocenters. The summed E-state index contributed by atoms with van der Waals surface area (Å²) in [7, 11) is 0. The zero-order valence-electron chi connectivity index (χ0n) is 9.08. The minimum absolute atomic E-state index is 0.777. The van der Waals surface area contributed by atoms with Gasteiger partial charge in [0.1, 0.15) is 0 Å². The Balaban J connectivity index is 2.02. The summed E-state index contributed by atoms with van der Waals surface area (Å²) in [6, 6.07) is 2.15. The quantitative estimate of drug-likeness (QED) is 0.592. The Kier molecular flexibility index (Phi) is 6.36. The van der Waals surface area contributed by atoms with Crippen LogP contribution in [0.2, 0.25) is 0 Å². The molecule has 0 aliphatic rings. The molecule has 2 N–H and O–H groups in total. The van der Waals surface area contributed by atoms with Crippen LogP contribution >= 0.6 is 23.6 Å². The van der Waals surface area contributed by atoms with Gasteiger partial charge in [0.25, 0.3) is 0 Å². The Morgan fingerprint density at radius 3 is 2.87 bits per heavy atom. The van der Waals surface area contributed by atoms with Crippen molar-refractivity contribution in [2.45, 2.75) is 26.2 Å². The molecular weight excluding hydrogens is 224 g/mol. The molecule has 0 aliphatic heterocycles. The molecule has 1 aromatic rings. The standard InChI is InChI=1S/C11H18N2S2/c1-2-3-6-12-11(14)13-7-4-10-5-8-15-9-10/h5,8-9H,2-4,6-7H2,1H3,(H2,12,13,14). The maximum Gasteiger partial charge on any atom is 0.166 e. The van der Waals surface area contributed by atoms with Crippen LogP contribution in [0.1, 0.15) is 25.3 Å². The first-order valence-corrected chi connectivity index (χ1v) is 6.71. The molecule has 84 valence electrons. The van der Waals surface area contributed by atoms with E-state index < -0.39 is 0 Å². The normalized spacial score (nSPS) is 9.93. The van der Waals surface area contributed by atoms with Gasteiger partial charge in [0.15, 0.2) is 5.11 Å². The van der Waals surface area contributed by atoms with E-state index in [4.69, 9.17) is 12.2 Å². The molecule has 0 aromatic carbocycles. The third-order valence-electron chi connectivity index (χ3n) is 2.10. The van der Waals surface area contributed by atoms with E-state index >= 15 is 0 Å². The molecule has 0 bridgehead atoms. The topological polar surface area (TPSA) is 24.1 Å². The van der Waals surface area contributed by atoms with Gasteiger partial charge in [0.05, 0.1) is 0 Å². The fraction of sp³-hybridized carbons (Fsp3) is 0.545. The van der Waals surface area contributed by atoms with Gasteiger partial charge in [-0.25, -0.2) is 0 Å². The predicted octanol–water partition coefficient (Wildman–Crippen LogP) is 2.55. The molecule has 0 fully saturated rings. The molecule has 0 saturated heterocycles. The second kappa shape index (κ2) is 7.65. The highest BCUT2D eigenvalue weighted by Crippen LogP contribution is 2.05. The van der Waals surface area contributed by atoms with Crippen LogP contribution in [0, 0.1) is 0 Å². The van der Waals surface area contributed by atoms with Gasteiger partial charge in [-0.1, -0.05) is 13.3 Å². The monoisotopic (exact) mass is 242 g/mol. The van der Waals surface area contributed by atoms with Crippen LogP contribution < -0.4 is 10.6 Å². The lowest BCUT2D eigenvalue weighted by molar-refractivity contribution is 0.737. The first kappa shape index (κ1) is 12.5. The van der Waals surface area contributed by atoms with Gasteiger partial charge in [0, 0.05) is 13.1 Å². The Hall–Kier alpha value is -0.610. The molecule has 0 unspecified atom stereocenters. The van der Waals surface area contributed by atoms with E-state index in [0.717, 1.165) is 24.6 Å². The summed E-state index contributed by atoms with van der Waals surface area (Å²) >= 11 is 6.88. The van der Waals surface area contributed by atoms with E-state index in [1.807, 2.05) is 0 Å². The molecule has 4 heteroatoms. The van der Waals surface area contributed by atoms with Crippen LogP contribution in [0.4, 0.5) is 0 Å². The molecule has 2 nitrogen and oxygen atoms in total. The van der Waals surface area contributed by atoms with Crippen molar-refractivity contribution < 1.29 is 0 Å². The minimum atomic E-state index is 0.777. The number of unbranched alkanes of at least 4 members (excludes halogenated alkanes) is 1. The SMILES string of the molecule is CCCCNC(=S)NCCc1ccsc1. The van der Waals surface area contributed by atoms with Crippen LogP contribution in [0.3, 0.4) is 0 Å². The van der Waals surface area contributed by atoms with Crippen molar-refractivity contribution in [3.8, 4) is 0 Å². The molecule has 0 amide bonds. The fourth-order valence-electron chi connectivity index (χ4n) is 1.20. The highest BCUT2D eigenvalue weighted by atomic mass is 32.1. The lowest BCUT2D eigenvalue weighted by Crippen LogP contribution is -2.36. The average Bonchev–Trinajstić information content (AvgIpc) is 2.71. The number of hydrogen-bond acceptors (Lipinski definition) is 2. The highest BCUT2D eigenvalue weighted by molar-refractivity contribution is 7.80. The maximum absolute atomic E-state index is 5.14. The van der Waals surface area contributed by atoms with Crippen molar-refractivity contribution in [3.63, 3.8) is 0 Å². The predicted molar refractivity (Wildman–Crippen MR) is 71.5 cm³/mol. The lowest BCUT2D eigenvalue weighted by atomic mass is 10.2. The van der Waals surface area contributed by atoms with Crippen molar-refractivity contribution in [1.29, 1.82) is 0 Å². The number of thiocarbonyl (C=S) groups is 1. The molecule has 0 saturated carbocycles. The summed E-state index contributed by atoms with van der Waals surface area (Å²) < 4.78 is 0. The van der Waals surface area contributed by atoms with Gasteiger partial charge >= 0.3 is 0 Å². The average molecular weight is 242 g/mol. The third kappa shape index (κ3) is 5.74. The lowest BCUT2D eigenvalue weighted by Gasteiger charge is -2.09. The van der Waals surface area contributed by atoms with E-state index in [2.05, 4.69) is 34.4 Å². The van der Waals surface area contributed by atoms with E-state index in [1.165, 1.54) is 18.4 Å². The van der Waals surface area contributed by atoms with Crippen molar-refractivity contribution in [2.75, 3.05) is 13.1 Å². The summed E-state index contributed by atoms with van der Waals surface area (Å²) in [5.41, 5.74) is 1.38. The number of thiophene rings is 1. The molecule has 1 heterocycles. The van der Waals surface area contributed by atoms with E-state index in [-0.39, 0.29) is 0 Å². The highest BCUT2D eigenvalue weighted by Gasteiger charge is 1.95. The van der Waals surface area contributed by atoms with Crippen molar-refractivity contribution in [3.05, 3.63) is 22.4 Å². The Morgan fingerprint density at radius 2 is 2.20 bits per heavy atom. The third-order valence-corrected chi connectivity index (χ3v) is 3.12. The number of nitrogens with one attached hydrogen (secondary N) is 2. The second-order valence-corrected chi connectivity index (χ2v) is 4.61. The van der Waals surface area contributed by atoms with Crippen LogP contribution in [0.25, 0.3) is 0 Å². The summed E-state index contributed by atoms with van der Waals surface area (Å²) in [6.45, 7) is 4.06. The van der Waals surface area contributed by atoms with Crippen LogP contribution in [0.15, 0.2) is 16.8 Å². The molecule has 0 radical (unpaired) electrons. The second-order valence-electron chi connectivity index (χ2n) is 3.42. The van der Waals surface area contributed by atoms with E-state index in [0.29, 0.717) is 0 Å². The number of hydrogen-bond donors (Lipinski definition) is 2. The van der Waals surface area contributed by atoms with Gasteiger partial charge in [0.2, 0.25) is 0 Å². The molecule has 1 aromatic heterocycles. The van der Waals surface area contributed by atoms with E-state index in [1.54, 1.807) is 11.3 Å². The van der Waals surface area contributed by atoms with Crippen LogP contribution in [-0.2, 0) is 6.42 Å². The summed E-state index contributed by atoms with van der Waals surface area (Å²) in [6.07, 6.45) is 3.41. The van der Waals surface area contributed by atoms with Gasteiger partial charge in [-0.2, -0.15) is 11.3 Å². The fourth-order valence-corrected chi connectivity index (χ4v) is 2.10. The molecule has 15 heavy (non-hydrogen) atoms. The van der Waals surface area contributed by atoms with Gasteiger partial charge in [-0.05, 0) is 47.4 Å². The van der Waals surface area contributed by atoms with Crippen molar-refractivity contribution in [1.82, 2.24) is 10.6 Å². The summed E-state index contributed by atoms with van der Waals surface area (Å²) in [5.74, 6) is 0. The largest absolute Gasteiger partial charge is 0.363 e. The molecule has 1 rings (SSSR count). The van der Waals surface area contributed by atoms with Crippen LogP contribution in [-0.4, -0.2) is 18.2 Å². The molecule has 0 aliphatic carbocycles. The zero-order chi connectivity index (χ0) is 10.9. The Bertz CT molecular complexity index is 270. The Morgan fingerprint density at radius 1 is 1.40 bits per heavy atom. The van der Waals surface area contributed by atoms with Gasteiger partial charge in [-0.3, -0.25) is 0 Å². The van der Waals surface area contributed by atoms with Gasteiger partial charge in [-0.15, -0.1) is 0 Å². The molecule has 0 spiro atoms. The maximum atomic E-state index is 5.14. The zero-order valence-corrected chi connectivity index (χ0v) is 10.7. The summed E-state index contributed by atoms with van der Waals surface area (Å²) in [4.78, 5) is 0. The van der Waals surface area contributed by atoms with Crippen LogP contribution in [0.5, 0.6) is 0 Å². The number of rotatable bonds is 6. The van der Waals surface area contributed by atoms with E-state index in [9.17, 15) is 0 Å². The first-order valence-electron chi connectivity index (χ1n) is 5.35. The smallest absolute Gasteiger partial charge is 0.166 e. The van der Waals surface area contributed by atoms with Crippen molar-refractivity contribution in [2.24, 2.45) is 0 Å². The first-order chi connectivity index (χ1) is 7.33. The molecular formula is C11H18N2S2. The van der Waals surface area contributed by atoms with Crippen molar-refractivity contribution >= 4 is 28.7 Å². The minimum Gasteiger partial charge on any atom is -0.363 e. The summed E-state index contributed by atoms with van der Waals surface area (Å²) in [5, 5.41) is 11.4. The van der Waals surface area contributed by atoms with Gasteiger partial charge < -0.3 is 10.6 Å². The Labute approximate surface area is 101 Å².